The number of hydrogen-bond acceptors (Lipinski definition) is 1. The van der Waals surface area contributed by atoms with Crippen LogP contribution in [0.25, 0.3) is 0 Å². The SMILES string of the molecule is OCC(F)(F)c1ccc(F)cc1Cl. The third-order valence-corrected chi connectivity index (χ3v) is 1.84. The first-order chi connectivity index (χ1) is 5.97. The normalized spacial score (nSPS) is 11.8. The van der Waals surface area contributed by atoms with E-state index in [2.05, 4.69) is 0 Å². The highest BCUT2D eigenvalue weighted by Gasteiger charge is 2.32. The predicted molar refractivity (Wildman–Crippen MR) is 42.4 cm³/mol. The first-order valence-electron chi connectivity index (χ1n) is 3.41. The van der Waals surface area contributed by atoms with Gasteiger partial charge in [-0.25, -0.2) is 4.39 Å². The van der Waals surface area contributed by atoms with Crippen LogP contribution in [0.15, 0.2) is 18.2 Å². The molecule has 0 aliphatic rings. The topological polar surface area (TPSA) is 20.2 Å². The summed E-state index contributed by atoms with van der Waals surface area (Å²) >= 11 is 5.36. The van der Waals surface area contributed by atoms with Crippen molar-refractivity contribution >= 4 is 11.6 Å². The molecule has 0 aliphatic carbocycles. The van der Waals surface area contributed by atoms with E-state index in [-0.39, 0.29) is 5.02 Å². The Balaban J connectivity index is 3.16. The highest BCUT2D eigenvalue weighted by Crippen LogP contribution is 2.32. The van der Waals surface area contributed by atoms with E-state index in [4.69, 9.17) is 16.7 Å². The molecule has 1 N–H and O–H groups in total. The van der Waals surface area contributed by atoms with Crippen LogP contribution in [-0.4, -0.2) is 11.7 Å². The minimum Gasteiger partial charge on any atom is -0.390 e. The lowest BCUT2D eigenvalue weighted by atomic mass is 10.1. The molecule has 0 aliphatic heterocycles. The van der Waals surface area contributed by atoms with Gasteiger partial charge in [0.2, 0.25) is 0 Å². The molecule has 1 rings (SSSR count). The zero-order chi connectivity index (χ0) is 10.1. The minimum absolute atomic E-state index is 0.390. The molecule has 0 fully saturated rings. The Labute approximate surface area is 77.8 Å². The van der Waals surface area contributed by atoms with Crippen molar-refractivity contribution < 1.29 is 18.3 Å². The number of benzene rings is 1. The second-order valence-electron chi connectivity index (χ2n) is 2.49. The molecule has 0 bridgehead atoms. The van der Waals surface area contributed by atoms with E-state index in [1.165, 1.54) is 0 Å². The smallest absolute Gasteiger partial charge is 0.297 e. The molecule has 1 nitrogen and oxygen atoms in total. The maximum absolute atomic E-state index is 12.8. The maximum Gasteiger partial charge on any atom is 0.297 e. The van der Waals surface area contributed by atoms with Gasteiger partial charge in [-0.2, -0.15) is 8.78 Å². The summed E-state index contributed by atoms with van der Waals surface area (Å²) in [4.78, 5) is 0. The number of aliphatic hydroxyl groups excluding tert-OH is 1. The highest BCUT2D eigenvalue weighted by molar-refractivity contribution is 6.31. The Morgan fingerprint density at radius 3 is 2.46 bits per heavy atom. The number of alkyl halides is 2. The lowest BCUT2D eigenvalue weighted by molar-refractivity contribution is -0.0555. The summed E-state index contributed by atoms with van der Waals surface area (Å²) in [5.41, 5.74) is -0.571. The fourth-order valence-corrected chi connectivity index (χ4v) is 1.18. The third-order valence-electron chi connectivity index (χ3n) is 1.52. The molecule has 13 heavy (non-hydrogen) atoms. The standard InChI is InChI=1S/C8H6ClF3O/c9-7-3-5(10)1-2-6(7)8(11,12)4-13/h1-3,13H,4H2. The van der Waals surface area contributed by atoms with Gasteiger partial charge >= 0.3 is 0 Å². The summed E-state index contributed by atoms with van der Waals surface area (Å²) in [6.07, 6.45) is 0. The van der Waals surface area contributed by atoms with Crippen LogP contribution in [0.5, 0.6) is 0 Å². The number of rotatable bonds is 2. The van der Waals surface area contributed by atoms with Gasteiger partial charge in [-0.15, -0.1) is 0 Å². The summed E-state index contributed by atoms with van der Waals surface area (Å²) in [6.45, 7) is -1.35. The van der Waals surface area contributed by atoms with Gasteiger partial charge in [0.1, 0.15) is 12.4 Å². The van der Waals surface area contributed by atoms with E-state index < -0.39 is 23.9 Å². The first-order valence-corrected chi connectivity index (χ1v) is 3.79. The Bertz CT molecular complexity index is 314. The van der Waals surface area contributed by atoms with Crippen molar-refractivity contribution in [3.05, 3.63) is 34.6 Å². The molecular weight excluding hydrogens is 205 g/mol. The number of hydrogen-bond donors (Lipinski definition) is 1. The van der Waals surface area contributed by atoms with Crippen LogP contribution in [0.3, 0.4) is 0 Å². The minimum atomic E-state index is -3.43. The van der Waals surface area contributed by atoms with E-state index in [1.807, 2.05) is 0 Å². The number of halogens is 4. The van der Waals surface area contributed by atoms with Crippen molar-refractivity contribution in [3.8, 4) is 0 Å². The van der Waals surface area contributed by atoms with Crippen molar-refractivity contribution in [2.45, 2.75) is 5.92 Å². The summed E-state index contributed by atoms with van der Waals surface area (Å²) in [5, 5.41) is 7.95. The van der Waals surface area contributed by atoms with Crippen molar-refractivity contribution in [1.29, 1.82) is 0 Å². The lowest BCUT2D eigenvalue weighted by Crippen LogP contribution is -2.18. The molecule has 5 heteroatoms. The zero-order valence-electron chi connectivity index (χ0n) is 6.40. The van der Waals surface area contributed by atoms with E-state index in [9.17, 15) is 13.2 Å². The fraction of sp³-hybridized carbons (Fsp3) is 0.250. The van der Waals surface area contributed by atoms with Crippen molar-refractivity contribution in [2.24, 2.45) is 0 Å². The molecule has 0 saturated heterocycles. The second kappa shape index (κ2) is 3.55. The molecule has 0 heterocycles. The lowest BCUT2D eigenvalue weighted by Gasteiger charge is -2.14. The van der Waals surface area contributed by atoms with Gasteiger partial charge in [0.05, 0.1) is 5.02 Å². The quantitative estimate of drug-likeness (QED) is 0.796. The van der Waals surface area contributed by atoms with Gasteiger partial charge in [0.25, 0.3) is 5.92 Å². The second-order valence-corrected chi connectivity index (χ2v) is 2.89. The van der Waals surface area contributed by atoms with E-state index in [0.29, 0.717) is 0 Å². The highest BCUT2D eigenvalue weighted by atomic mass is 35.5. The van der Waals surface area contributed by atoms with Crippen LogP contribution in [0.2, 0.25) is 5.02 Å². The number of aliphatic hydroxyl groups is 1. The van der Waals surface area contributed by atoms with Crippen LogP contribution >= 0.6 is 11.6 Å². The van der Waals surface area contributed by atoms with Crippen LogP contribution in [0.4, 0.5) is 13.2 Å². The Morgan fingerprint density at radius 2 is 2.00 bits per heavy atom. The van der Waals surface area contributed by atoms with Gasteiger partial charge < -0.3 is 5.11 Å². The summed E-state index contributed by atoms with van der Waals surface area (Å²) in [6, 6.07) is 2.50. The molecule has 0 aromatic heterocycles. The third kappa shape index (κ3) is 2.14. The first kappa shape index (κ1) is 10.3. The molecule has 0 radical (unpaired) electrons. The molecule has 72 valence electrons. The molecule has 0 unspecified atom stereocenters. The molecule has 1 aromatic rings. The van der Waals surface area contributed by atoms with Gasteiger partial charge in [0, 0.05) is 5.56 Å². The van der Waals surface area contributed by atoms with Crippen LogP contribution in [0.1, 0.15) is 5.56 Å². The molecule has 1 aromatic carbocycles. The molecule has 0 saturated carbocycles. The monoisotopic (exact) mass is 210 g/mol. The molecule has 0 atom stereocenters. The van der Waals surface area contributed by atoms with Gasteiger partial charge in [-0.1, -0.05) is 11.6 Å². The van der Waals surface area contributed by atoms with Gasteiger partial charge in [-0.05, 0) is 18.2 Å². The Hall–Kier alpha value is -0.740. The van der Waals surface area contributed by atoms with Crippen molar-refractivity contribution in [1.82, 2.24) is 0 Å². The molecular formula is C8H6ClF3O. The van der Waals surface area contributed by atoms with E-state index in [0.717, 1.165) is 18.2 Å². The summed E-state index contributed by atoms with van der Waals surface area (Å²) < 4.78 is 38.1. The maximum atomic E-state index is 12.8. The Kier molecular flexibility index (Phi) is 2.83. The van der Waals surface area contributed by atoms with E-state index >= 15 is 0 Å². The zero-order valence-corrected chi connectivity index (χ0v) is 7.15. The average molecular weight is 211 g/mol. The molecule has 0 spiro atoms. The predicted octanol–water partition coefficient (Wildman–Crippen LogP) is 2.56. The van der Waals surface area contributed by atoms with Crippen LogP contribution in [0, 0.1) is 5.82 Å². The van der Waals surface area contributed by atoms with Gasteiger partial charge in [-0.3, -0.25) is 0 Å². The van der Waals surface area contributed by atoms with Gasteiger partial charge in [0.15, 0.2) is 0 Å². The average Bonchev–Trinajstić information content (AvgIpc) is 2.03. The van der Waals surface area contributed by atoms with Crippen LogP contribution in [-0.2, 0) is 5.92 Å². The van der Waals surface area contributed by atoms with Crippen LogP contribution < -0.4 is 0 Å². The van der Waals surface area contributed by atoms with Crippen molar-refractivity contribution in [2.75, 3.05) is 6.61 Å². The Morgan fingerprint density at radius 1 is 1.38 bits per heavy atom. The fourth-order valence-electron chi connectivity index (χ4n) is 0.871. The summed E-state index contributed by atoms with van der Waals surface area (Å²) in [7, 11) is 0. The largest absolute Gasteiger partial charge is 0.390 e. The van der Waals surface area contributed by atoms with Crippen molar-refractivity contribution in [3.63, 3.8) is 0 Å². The molecule has 0 amide bonds. The summed E-state index contributed by atoms with van der Waals surface area (Å²) in [5.74, 6) is -4.12. The van der Waals surface area contributed by atoms with E-state index in [1.54, 1.807) is 0 Å².